The van der Waals surface area contributed by atoms with Gasteiger partial charge in [0.15, 0.2) is 0 Å². The number of nitrogen functional groups attached to an aromatic ring is 1. The van der Waals surface area contributed by atoms with Gasteiger partial charge >= 0.3 is 0 Å². The number of nitrogens with zero attached hydrogens (tertiary/aromatic N) is 2. The van der Waals surface area contributed by atoms with Crippen molar-refractivity contribution in [3.63, 3.8) is 0 Å². The minimum Gasteiger partial charge on any atom is -0.397 e. The quantitative estimate of drug-likeness (QED) is 0.787. The maximum Gasteiger partial charge on any atom is 0.270 e. The van der Waals surface area contributed by atoms with E-state index < -0.39 is 0 Å². The molecule has 2 heterocycles. The van der Waals surface area contributed by atoms with Crippen LogP contribution < -0.4 is 10.6 Å². The minimum atomic E-state index is -0.136. The molecule has 1 aromatic carbocycles. The van der Waals surface area contributed by atoms with Gasteiger partial charge in [-0.3, -0.25) is 4.79 Å². The second kappa shape index (κ2) is 6.59. The normalized spacial score (nSPS) is 11.0. The Bertz CT molecular complexity index is 890. The summed E-state index contributed by atoms with van der Waals surface area (Å²) in [5.74, 6) is -0.136. The first-order valence-corrected chi connectivity index (χ1v) is 8.35. The molecule has 1 amide bonds. The van der Waals surface area contributed by atoms with E-state index in [4.69, 9.17) is 10.5 Å². The number of rotatable bonds is 4. The Morgan fingerprint density at radius 3 is 2.71 bits per heavy atom. The van der Waals surface area contributed by atoms with E-state index in [0.29, 0.717) is 17.2 Å². The number of carbonyl (C=O) groups excluding carboxylic acids is 1. The first kappa shape index (κ1) is 16.4. The Morgan fingerprint density at radius 2 is 2.04 bits per heavy atom. The van der Waals surface area contributed by atoms with Crippen LogP contribution in [0.5, 0.6) is 0 Å². The van der Waals surface area contributed by atoms with Gasteiger partial charge in [0.25, 0.3) is 5.91 Å². The van der Waals surface area contributed by atoms with Crippen LogP contribution >= 0.6 is 11.3 Å². The molecule has 0 fully saturated rings. The van der Waals surface area contributed by atoms with Gasteiger partial charge in [-0.25, -0.2) is 4.98 Å². The number of pyridine rings is 1. The van der Waals surface area contributed by atoms with Crippen LogP contribution in [0.2, 0.25) is 0 Å². The fourth-order valence-electron chi connectivity index (χ4n) is 2.69. The molecule has 0 saturated heterocycles. The van der Waals surface area contributed by atoms with Gasteiger partial charge in [0.1, 0.15) is 9.71 Å². The van der Waals surface area contributed by atoms with E-state index in [1.165, 1.54) is 11.3 Å². The number of amides is 1. The van der Waals surface area contributed by atoms with Gasteiger partial charge in [-0.1, -0.05) is 18.2 Å². The Kier molecular flexibility index (Phi) is 4.51. The van der Waals surface area contributed by atoms with Gasteiger partial charge in [-0.2, -0.15) is 0 Å². The van der Waals surface area contributed by atoms with Crippen molar-refractivity contribution in [1.29, 1.82) is 0 Å². The zero-order valence-electron chi connectivity index (χ0n) is 13.9. The predicted octanol–water partition coefficient (Wildman–Crippen LogP) is 3.61. The number of methoxy groups -OCH3 is 1. The lowest BCUT2D eigenvalue weighted by molar-refractivity contribution is 0.0997. The molecule has 3 aromatic rings. The molecule has 5 nitrogen and oxygen atoms in total. The number of nitrogens with two attached hydrogens (primary N) is 1. The predicted molar refractivity (Wildman–Crippen MR) is 98.7 cm³/mol. The van der Waals surface area contributed by atoms with Crippen LogP contribution in [0, 0.1) is 6.92 Å². The lowest BCUT2D eigenvalue weighted by atomic mass is 10.1. The average molecular weight is 341 g/mol. The Morgan fingerprint density at radius 1 is 1.33 bits per heavy atom. The van der Waals surface area contributed by atoms with E-state index in [1.807, 2.05) is 43.3 Å². The average Bonchev–Trinajstić information content (AvgIpc) is 2.91. The van der Waals surface area contributed by atoms with Crippen molar-refractivity contribution in [3.8, 4) is 0 Å². The molecular formula is C18H19N3O2S. The first-order valence-electron chi connectivity index (χ1n) is 7.53. The maximum atomic E-state index is 12.9. The Hall–Kier alpha value is -2.44. The van der Waals surface area contributed by atoms with E-state index in [-0.39, 0.29) is 5.91 Å². The molecule has 24 heavy (non-hydrogen) atoms. The van der Waals surface area contributed by atoms with Crippen molar-refractivity contribution in [3.05, 3.63) is 52.5 Å². The van der Waals surface area contributed by atoms with E-state index >= 15 is 0 Å². The minimum absolute atomic E-state index is 0.136. The second-order valence-corrected chi connectivity index (χ2v) is 6.58. The highest BCUT2D eigenvalue weighted by Crippen LogP contribution is 2.36. The molecule has 0 aliphatic rings. The molecule has 0 bridgehead atoms. The van der Waals surface area contributed by atoms with Gasteiger partial charge in [0.05, 0.1) is 12.3 Å². The fraction of sp³-hybridized carbons (Fsp3) is 0.222. The zero-order valence-corrected chi connectivity index (χ0v) is 14.7. The van der Waals surface area contributed by atoms with Crippen molar-refractivity contribution >= 4 is 38.8 Å². The highest BCUT2D eigenvalue weighted by Gasteiger charge is 2.23. The number of anilines is 2. The number of fused-ring (bicyclic) bond motifs is 1. The number of para-hydroxylation sites is 1. The summed E-state index contributed by atoms with van der Waals surface area (Å²) in [5, 5.41) is 0.817. The molecule has 0 radical (unpaired) electrons. The van der Waals surface area contributed by atoms with Crippen LogP contribution in [-0.2, 0) is 11.3 Å². The SMILES string of the molecule is COCc1cc(C)nc2sc(C(=O)N(C)c3ccccc3)c(N)c12. The van der Waals surface area contributed by atoms with Crippen molar-refractivity contribution in [2.75, 3.05) is 24.8 Å². The smallest absolute Gasteiger partial charge is 0.270 e. The van der Waals surface area contributed by atoms with Crippen LogP contribution in [0.4, 0.5) is 11.4 Å². The number of carbonyl (C=O) groups is 1. The van der Waals surface area contributed by atoms with Crippen molar-refractivity contribution in [2.24, 2.45) is 0 Å². The molecule has 6 heteroatoms. The van der Waals surface area contributed by atoms with Crippen LogP contribution in [0.1, 0.15) is 20.9 Å². The number of aromatic nitrogens is 1. The molecule has 0 aliphatic carbocycles. The second-order valence-electron chi connectivity index (χ2n) is 5.58. The van der Waals surface area contributed by atoms with Gasteiger partial charge < -0.3 is 15.4 Å². The third-order valence-electron chi connectivity index (χ3n) is 3.85. The number of hydrogen-bond acceptors (Lipinski definition) is 5. The molecule has 0 aliphatic heterocycles. The molecule has 0 saturated carbocycles. The summed E-state index contributed by atoms with van der Waals surface area (Å²) < 4.78 is 5.26. The summed E-state index contributed by atoms with van der Waals surface area (Å²) in [5.41, 5.74) is 9.43. The van der Waals surface area contributed by atoms with E-state index in [0.717, 1.165) is 27.2 Å². The number of thiophene rings is 1. The topological polar surface area (TPSA) is 68.5 Å². The molecule has 3 rings (SSSR count). The van der Waals surface area contributed by atoms with Crippen molar-refractivity contribution in [2.45, 2.75) is 13.5 Å². The molecular weight excluding hydrogens is 322 g/mol. The Labute approximate surface area is 144 Å². The number of aryl methyl sites for hydroxylation is 1. The zero-order chi connectivity index (χ0) is 17.3. The van der Waals surface area contributed by atoms with Crippen LogP contribution in [0.25, 0.3) is 10.2 Å². The number of benzene rings is 1. The largest absolute Gasteiger partial charge is 0.397 e. The molecule has 0 spiro atoms. The molecule has 124 valence electrons. The van der Waals surface area contributed by atoms with Crippen molar-refractivity contribution < 1.29 is 9.53 Å². The highest BCUT2D eigenvalue weighted by atomic mass is 32.1. The van der Waals surface area contributed by atoms with Gasteiger partial charge in [-0.05, 0) is 30.7 Å². The fourth-order valence-corrected chi connectivity index (χ4v) is 3.85. The standard InChI is InChI=1S/C18H19N3O2S/c1-11-9-12(10-23-3)14-15(19)16(24-17(14)20-11)18(22)21(2)13-7-5-4-6-8-13/h4-9H,10,19H2,1-3H3. The molecule has 2 aromatic heterocycles. The third-order valence-corrected chi connectivity index (χ3v) is 4.94. The highest BCUT2D eigenvalue weighted by molar-refractivity contribution is 7.21. The molecule has 0 atom stereocenters. The molecule has 0 unspecified atom stereocenters. The van der Waals surface area contributed by atoms with Crippen molar-refractivity contribution in [1.82, 2.24) is 4.98 Å². The van der Waals surface area contributed by atoms with Crippen LogP contribution in [0.3, 0.4) is 0 Å². The monoisotopic (exact) mass is 341 g/mol. The van der Waals surface area contributed by atoms with Gasteiger partial charge in [0.2, 0.25) is 0 Å². The lowest BCUT2D eigenvalue weighted by Crippen LogP contribution is -2.25. The Balaban J connectivity index is 2.08. The summed E-state index contributed by atoms with van der Waals surface area (Å²) in [4.78, 5) is 20.3. The van der Waals surface area contributed by atoms with E-state index in [1.54, 1.807) is 19.1 Å². The third kappa shape index (κ3) is 2.86. The maximum absolute atomic E-state index is 12.9. The van der Waals surface area contributed by atoms with Gasteiger partial charge in [-0.15, -0.1) is 11.3 Å². The lowest BCUT2D eigenvalue weighted by Gasteiger charge is -2.16. The summed E-state index contributed by atoms with van der Waals surface area (Å²) in [7, 11) is 3.38. The van der Waals surface area contributed by atoms with E-state index in [9.17, 15) is 4.79 Å². The van der Waals surface area contributed by atoms with Crippen LogP contribution in [-0.4, -0.2) is 25.0 Å². The summed E-state index contributed by atoms with van der Waals surface area (Å²) in [6, 6.07) is 11.4. The van der Waals surface area contributed by atoms with Gasteiger partial charge in [0, 0.05) is 30.9 Å². The van der Waals surface area contributed by atoms with Crippen LogP contribution in [0.15, 0.2) is 36.4 Å². The number of hydrogen-bond donors (Lipinski definition) is 1. The number of ether oxygens (including phenoxy) is 1. The summed E-state index contributed by atoms with van der Waals surface area (Å²) in [6.45, 7) is 2.36. The summed E-state index contributed by atoms with van der Waals surface area (Å²) in [6.07, 6.45) is 0. The summed E-state index contributed by atoms with van der Waals surface area (Å²) >= 11 is 1.33. The molecule has 2 N–H and O–H groups in total. The first-order chi connectivity index (χ1) is 11.5. The van der Waals surface area contributed by atoms with E-state index in [2.05, 4.69) is 4.98 Å².